The third-order valence-electron chi connectivity index (χ3n) is 1.76. The van der Waals surface area contributed by atoms with Crippen molar-refractivity contribution in [3.8, 4) is 0 Å². The molecule has 0 aromatic carbocycles. The third-order valence-corrected chi connectivity index (χ3v) is 5.30. The highest BCUT2D eigenvalue weighted by Crippen LogP contribution is 2.38. The molecule has 54 valence electrons. The van der Waals surface area contributed by atoms with Gasteiger partial charge in [-0.2, -0.15) is 0 Å². The first-order valence-electron chi connectivity index (χ1n) is 3.57. The van der Waals surface area contributed by atoms with Crippen LogP contribution in [0.2, 0.25) is 0 Å². The standard InChI is InChI=1S/C7H14S2/c1-3-6(2)7-8-4-5-9-7/h6-7H,3-5H2,1-2H3. The van der Waals surface area contributed by atoms with Gasteiger partial charge >= 0.3 is 0 Å². The lowest BCUT2D eigenvalue weighted by molar-refractivity contribution is 0.617. The van der Waals surface area contributed by atoms with Crippen LogP contribution in [0.25, 0.3) is 0 Å². The fourth-order valence-electron chi connectivity index (χ4n) is 0.898. The van der Waals surface area contributed by atoms with E-state index in [2.05, 4.69) is 37.4 Å². The molecule has 0 N–H and O–H groups in total. The highest BCUT2D eigenvalue weighted by atomic mass is 32.2. The van der Waals surface area contributed by atoms with Crippen LogP contribution in [0.15, 0.2) is 0 Å². The molecule has 0 aromatic heterocycles. The summed E-state index contributed by atoms with van der Waals surface area (Å²) in [5.74, 6) is 3.67. The molecule has 1 aliphatic heterocycles. The summed E-state index contributed by atoms with van der Waals surface area (Å²) in [7, 11) is 0. The van der Waals surface area contributed by atoms with Crippen LogP contribution < -0.4 is 0 Å². The molecule has 0 spiro atoms. The molecule has 0 amide bonds. The van der Waals surface area contributed by atoms with E-state index >= 15 is 0 Å². The van der Waals surface area contributed by atoms with Gasteiger partial charge in [-0.05, 0) is 5.92 Å². The Bertz CT molecular complexity index is 77.0. The van der Waals surface area contributed by atoms with E-state index in [1.54, 1.807) is 0 Å². The molecule has 9 heavy (non-hydrogen) atoms. The fourth-order valence-corrected chi connectivity index (χ4v) is 4.14. The summed E-state index contributed by atoms with van der Waals surface area (Å²) in [5, 5.41) is 0. The van der Waals surface area contributed by atoms with Gasteiger partial charge in [0.15, 0.2) is 0 Å². The first kappa shape index (κ1) is 7.80. The van der Waals surface area contributed by atoms with E-state index in [0.29, 0.717) is 0 Å². The van der Waals surface area contributed by atoms with E-state index in [1.165, 1.54) is 17.9 Å². The molecule has 1 rings (SSSR count). The van der Waals surface area contributed by atoms with Gasteiger partial charge in [-0.25, -0.2) is 0 Å². The van der Waals surface area contributed by atoms with Gasteiger partial charge in [0.25, 0.3) is 0 Å². The van der Waals surface area contributed by atoms with E-state index < -0.39 is 0 Å². The molecule has 1 saturated heterocycles. The van der Waals surface area contributed by atoms with Crippen LogP contribution in [-0.2, 0) is 0 Å². The molecule has 0 nitrogen and oxygen atoms in total. The highest BCUT2D eigenvalue weighted by molar-refractivity contribution is 8.20. The van der Waals surface area contributed by atoms with Crippen molar-refractivity contribution in [3.05, 3.63) is 0 Å². The second kappa shape index (κ2) is 3.77. The van der Waals surface area contributed by atoms with Gasteiger partial charge in [-0.3, -0.25) is 0 Å². The molecule has 0 aromatic rings. The third kappa shape index (κ3) is 2.08. The second-order valence-corrected chi connectivity index (χ2v) is 5.29. The van der Waals surface area contributed by atoms with Gasteiger partial charge in [0, 0.05) is 11.5 Å². The lowest BCUT2D eigenvalue weighted by Crippen LogP contribution is -2.05. The maximum absolute atomic E-state index is 2.36. The first-order valence-corrected chi connectivity index (χ1v) is 5.67. The van der Waals surface area contributed by atoms with E-state index in [4.69, 9.17) is 0 Å². The minimum Gasteiger partial charge on any atom is -0.146 e. The number of hydrogen-bond donors (Lipinski definition) is 0. The summed E-state index contributed by atoms with van der Waals surface area (Å²) in [6, 6.07) is 0. The van der Waals surface area contributed by atoms with Crippen molar-refractivity contribution in [2.75, 3.05) is 11.5 Å². The fraction of sp³-hybridized carbons (Fsp3) is 1.00. The number of thioether (sulfide) groups is 2. The zero-order valence-electron chi connectivity index (χ0n) is 6.09. The Balaban J connectivity index is 2.24. The minimum atomic E-state index is 0.912. The average molecular weight is 162 g/mol. The SMILES string of the molecule is CCC(C)C1SCCS1. The van der Waals surface area contributed by atoms with Gasteiger partial charge in [-0.1, -0.05) is 20.3 Å². The molecule has 0 bridgehead atoms. The van der Waals surface area contributed by atoms with Gasteiger partial charge < -0.3 is 0 Å². The maximum Gasteiger partial charge on any atom is 0.0528 e. The summed E-state index contributed by atoms with van der Waals surface area (Å²) >= 11 is 4.28. The van der Waals surface area contributed by atoms with Gasteiger partial charge in [0.2, 0.25) is 0 Å². The topological polar surface area (TPSA) is 0 Å². The molecule has 1 fully saturated rings. The minimum absolute atomic E-state index is 0.912. The zero-order valence-corrected chi connectivity index (χ0v) is 7.73. The Morgan fingerprint density at radius 2 is 2.00 bits per heavy atom. The Kier molecular flexibility index (Phi) is 3.27. The monoisotopic (exact) mass is 162 g/mol. The lowest BCUT2D eigenvalue weighted by Gasteiger charge is -2.14. The Morgan fingerprint density at radius 1 is 1.44 bits per heavy atom. The molecule has 0 saturated carbocycles. The van der Waals surface area contributed by atoms with Crippen LogP contribution in [0.3, 0.4) is 0 Å². The van der Waals surface area contributed by atoms with Crippen LogP contribution in [-0.4, -0.2) is 16.1 Å². The summed E-state index contributed by atoms with van der Waals surface area (Å²) < 4.78 is 0.912. The largest absolute Gasteiger partial charge is 0.146 e. The Morgan fingerprint density at radius 3 is 2.44 bits per heavy atom. The lowest BCUT2D eigenvalue weighted by atomic mass is 10.2. The van der Waals surface area contributed by atoms with Gasteiger partial charge in [-0.15, -0.1) is 23.5 Å². The maximum atomic E-state index is 2.36. The molecule has 0 radical (unpaired) electrons. The van der Waals surface area contributed by atoms with E-state index in [-0.39, 0.29) is 0 Å². The van der Waals surface area contributed by atoms with Gasteiger partial charge in [0.1, 0.15) is 0 Å². The van der Waals surface area contributed by atoms with Crippen molar-refractivity contribution in [3.63, 3.8) is 0 Å². The molecular formula is C7H14S2. The Labute approximate surface area is 66.2 Å². The molecular weight excluding hydrogens is 148 g/mol. The first-order chi connectivity index (χ1) is 4.34. The van der Waals surface area contributed by atoms with Crippen LogP contribution in [0, 0.1) is 5.92 Å². The van der Waals surface area contributed by atoms with Crippen molar-refractivity contribution in [1.82, 2.24) is 0 Å². The summed E-state index contributed by atoms with van der Waals surface area (Å²) in [4.78, 5) is 0. The molecule has 1 aliphatic rings. The number of rotatable bonds is 2. The second-order valence-electron chi connectivity index (χ2n) is 2.50. The van der Waals surface area contributed by atoms with Crippen molar-refractivity contribution in [2.45, 2.75) is 24.9 Å². The zero-order chi connectivity index (χ0) is 6.69. The predicted molar refractivity (Wildman–Crippen MR) is 48.2 cm³/mol. The van der Waals surface area contributed by atoms with Crippen LogP contribution in [0.5, 0.6) is 0 Å². The van der Waals surface area contributed by atoms with E-state index in [9.17, 15) is 0 Å². The van der Waals surface area contributed by atoms with Gasteiger partial charge in [0.05, 0.1) is 4.58 Å². The smallest absolute Gasteiger partial charge is 0.0528 e. The Hall–Kier alpha value is 0.700. The highest BCUT2D eigenvalue weighted by Gasteiger charge is 2.20. The predicted octanol–water partition coefficient (Wildman–Crippen LogP) is 2.84. The van der Waals surface area contributed by atoms with Crippen molar-refractivity contribution < 1.29 is 0 Å². The summed E-state index contributed by atoms with van der Waals surface area (Å²) in [5.41, 5.74) is 0. The van der Waals surface area contributed by atoms with Crippen LogP contribution in [0.1, 0.15) is 20.3 Å². The molecule has 2 heteroatoms. The number of hydrogen-bond acceptors (Lipinski definition) is 2. The summed E-state index contributed by atoms with van der Waals surface area (Å²) in [6.07, 6.45) is 1.34. The van der Waals surface area contributed by atoms with Crippen molar-refractivity contribution >= 4 is 23.5 Å². The van der Waals surface area contributed by atoms with Crippen LogP contribution in [0.4, 0.5) is 0 Å². The molecule has 1 atom stereocenters. The van der Waals surface area contributed by atoms with Crippen molar-refractivity contribution in [2.24, 2.45) is 5.92 Å². The quantitative estimate of drug-likeness (QED) is 0.612. The van der Waals surface area contributed by atoms with E-state index in [0.717, 1.165) is 10.5 Å². The normalized spacial score (nSPS) is 24.7. The molecule has 0 aliphatic carbocycles. The summed E-state index contributed by atoms with van der Waals surface area (Å²) in [6.45, 7) is 4.64. The molecule has 1 unspecified atom stereocenters. The van der Waals surface area contributed by atoms with Crippen molar-refractivity contribution in [1.29, 1.82) is 0 Å². The molecule has 1 heterocycles. The van der Waals surface area contributed by atoms with E-state index in [1.807, 2.05) is 0 Å². The average Bonchev–Trinajstić information content (AvgIpc) is 2.37. The van der Waals surface area contributed by atoms with Crippen LogP contribution >= 0.6 is 23.5 Å².